The molecule has 0 saturated carbocycles. The summed E-state index contributed by atoms with van der Waals surface area (Å²) >= 11 is 0. The fourth-order valence-electron chi connectivity index (χ4n) is 1.50. The predicted octanol–water partition coefficient (Wildman–Crippen LogP) is 2.25. The van der Waals surface area contributed by atoms with Crippen LogP contribution in [-0.4, -0.2) is 25.0 Å². The number of nitrogens with one attached hydrogen (secondary N) is 1. The first-order chi connectivity index (χ1) is 8.06. The van der Waals surface area contributed by atoms with Crippen molar-refractivity contribution in [2.45, 2.75) is 19.9 Å². The molecule has 1 atom stereocenters. The number of carbonyl (C=O) groups excluding carboxylic acids is 2. The number of carbonyl (C=O) groups is 2. The van der Waals surface area contributed by atoms with Gasteiger partial charge in [0.05, 0.1) is 13.2 Å². The third kappa shape index (κ3) is 3.59. The number of benzene rings is 1. The van der Waals surface area contributed by atoms with Crippen LogP contribution in [0, 0.1) is 5.92 Å². The lowest BCUT2D eigenvalue weighted by atomic mass is 9.95. The van der Waals surface area contributed by atoms with Crippen LogP contribution in [0.1, 0.15) is 24.2 Å². The fraction of sp³-hybridized carbons (Fsp3) is 0.385. The molecule has 17 heavy (non-hydrogen) atoms. The van der Waals surface area contributed by atoms with Crippen molar-refractivity contribution in [1.82, 2.24) is 5.32 Å². The van der Waals surface area contributed by atoms with Gasteiger partial charge in [-0.2, -0.15) is 0 Å². The molecule has 0 aliphatic carbocycles. The van der Waals surface area contributed by atoms with Gasteiger partial charge in [0.25, 0.3) is 0 Å². The third-order valence-electron chi connectivity index (χ3n) is 2.47. The second kappa shape index (κ2) is 6.03. The van der Waals surface area contributed by atoms with Crippen molar-refractivity contribution in [3.05, 3.63) is 35.9 Å². The van der Waals surface area contributed by atoms with Gasteiger partial charge in [0.1, 0.15) is 0 Å². The van der Waals surface area contributed by atoms with Gasteiger partial charge in [-0.1, -0.05) is 44.2 Å². The van der Waals surface area contributed by atoms with Gasteiger partial charge in [-0.15, -0.1) is 0 Å². The third-order valence-corrected chi connectivity index (χ3v) is 2.47. The van der Waals surface area contributed by atoms with E-state index in [1.54, 1.807) is 24.3 Å². The van der Waals surface area contributed by atoms with Gasteiger partial charge < -0.3 is 10.1 Å². The van der Waals surface area contributed by atoms with Crippen molar-refractivity contribution in [3.63, 3.8) is 0 Å². The smallest absolute Gasteiger partial charge is 0.407 e. The summed E-state index contributed by atoms with van der Waals surface area (Å²) in [4.78, 5) is 23.3. The standard InChI is InChI=1S/C13H17NO3/c1-9(2)11(14-13(16)17-3)12(15)10-7-5-4-6-8-10/h4-9,11H,1-3H3,(H,14,16). The van der Waals surface area contributed by atoms with Crippen molar-refractivity contribution >= 4 is 11.9 Å². The highest BCUT2D eigenvalue weighted by atomic mass is 16.5. The lowest BCUT2D eigenvalue weighted by molar-refractivity contribution is 0.0903. The molecule has 1 rings (SSSR count). The van der Waals surface area contributed by atoms with E-state index in [-0.39, 0.29) is 11.7 Å². The molecule has 4 nitrogen and oxygen atoms in total. The molecule has 1 amide bonds. The van der Waals surface area contributed by atoms with Crippen LogP contribution in [0.3, 0.4) is 0 Å². The Balaban J connectivity index is 2.85. The van der Waals surface area contributed by atoms with E-state index in [0.717, 1.165) is 0 Å². The number of ether oxygens (including phenoxy) is 1. The average Bonchev–Trinajstić information content (AvgIpc) is 2.35. The molecule has 1 N–H and O–H groups in total. The number of hydrogen-bond donors (Lipinski definition) is 1. The number of methoxy groups -OCH3 is 1. The lowest BCUT2D eigenvalue weighted by Crippen LogP contribution is -2.44. The largest absolute Gasteiger partial charge is 0.453 e. The zero-order valence-electron chi connectivity index (χ0n) is 10.3. The summed E-state index contributed by atoms with van der Waals surface area (Å²) in [6, 6.07) is 8.33. The molecule has 4 heteroatoms. The summed E-state index contributed by atoms with van der Waals surface area (Å²) in [5.41, 5.74) is 0.586. The van der Waals surface area contributed by atoms with Crippen molar-refractivity contribution in [1.29, 1.82) is 0 Å². The van der Waals surface area contributed by atoms with E-state index in [1.165, 1.54) is 7.11 Å². The van der Waals surface area contributed by atoms with Crippen LogP contribution < -0.4 is 5.32 Å². The Morgan fingerprint density at radius 3 is 2.24 bits per heavy atom. The first kappa shape index (κ1) is 13.2. The molecular weight excluding hydrogens is 218 g/mol. The molecule has 0 spiro atoms. The number of Topliss-reactive ketones (excluding diaryl/α,β-unsaturated/α-hetero) is 1. The van der Waals surface area contributed by atoms with Crippen LogP contribution in [0.2, 0.25) is 0 Å². The van der Waals surface area contributed by atoms with Gasteiger partial charge >= 0.3 is 6.09 Å². The average molecular weight is 235 g/mol. The molecular formula is C13H17NO3. The van der Waals surface area contributed by atoms with E-state index < -0.39 is 12.1 Å². The summed E-state index contributed by atoms with van der Waals surface area (Å²) in [6.07, 6.45) is -0.590. The molecule has 0 fully saturated rings. The molecule has 1 aromatic rings. The minimum absolute atomic E-state index is 0.00167. The Morgan fingerprint density at radius 1 is 1.18 bits per heavy atom. The highest BCUT2D eigenvalue weighted by Crippen LogP contribution is 2.10. The summed E-state index contributed by atoms with van der Waals surface area (Å²) < 4.78 is 4.51. The van der Waals surface area contributed by atoms with Crippen LogP contribution in [-0.2, 0) is 4.74 Å². The molecule has 1 aromatic carbocycles. The quantitative estimate of drug-likeness (QED) is 0.814. The van der Waals surface area contributed by atoms with Gasteiger partial charge in [0.2, 0.25) is 0 Å². The van der Waals surface area contributed by atoms with Gasteiger partial charge in [-0.25, -0.2) is 4.79 Å². The Morgan fingerprint density at radius 2 is 1.76 bits per heavy atom. The normalized spacial score (nSPS) is 12.0. The lowest BCUT2D eigenvalue weighted by Gasteiger charge is -2.20. The topological polar surface area (TPSA) is 55.4 Å². The second-order valence-corrected chi connectivity index (χ2v) is 4.09. The molecule has 0 aromatic heterocycles. The Bertz CT molecular complexity index is 387. The molecule has 0 aliphatic heterocycles. The molecule has 1 unspecified atom stereocenters. The zero-order chi connectivity index (χ0) is 12.8. The van der Waals surface area contributed by atoms with Crippen molar-refractivity contribution in [2.24, 2.45) is 5.92 Å². The zero-order valence-corrected chi connectivity index (χ0v) is 10.3. The maximum Gasteiger partial charge on any atom is 0.407 e. The first-order valence-corrected chi connectivity index (χ1v) is 5.50. The van der Waals surface area contributed by atoms with Crippen LogP contribution in [0.15, 0.2) is 30.3 Å². The van der Waals surface area contributed by atoms with E-state index >= 15 is 0 Å². The molecule has 0 radical (unpaired) electrons. The van der Waals surface area contributed by atoms with E-state index in [9.17, 15) is 9.59 Å². The second-order valence-electron chi connectivity index (χ2n) is 4.09. The van der Waals surface area contributed by atoms with Crippen molar-refractivity contribution in [2.75, 3.05) is 7.11 Å². The molecule has 0 heterocycles. The summed E-state index contributed by atoms with van der Waals surface area (Å²) in [5.74, 6) is -0.104. The molecule has 92 valence electrons. The number of ketones is 1. The fourth-order valence-corrected chi connectivity index (χ4v) is 1.50. The van der Waals surface area contributed by atoms with E-state index in [2.05, 4.69) is 10.1 Å². The van der Waals surface area contributed by atoms with Crippen LogP contribution in [0.25, 0.3) is 0 Å². The Labute approximate surface area is 101 Å². The summed E-state index contributed by atoms with van der Waals surface area (Å²) in [6.45, 7) is 3.75. The summed E-state index contributed by atoms with van der Waals surface area (Å²) in [7, 11) is 1.28. The number of rotatable bonds is 4. The van der Waals surface area contributed by atoms with E-state index in [0.29, 0.717) is 5.56 Å². The van der Waals surface area contributed by atoms with Gasteiger partial charge in [-0.3, -0.25) is 4.79 Å². The van der Waals surface area contributed by atoms with Crippen LogP contribution >= 0.6 is 0 Å². The number of alkyl carbamates (subject to hydrolysis) is 1. The molecule has 0 saturated heterocycles. The number of hydrogen-bond acceptors (Lipinski definition) is 3. The van der Waals surface area contributed by atoms with Gasteiger partial charge in [-0.05, 0) is 5.92 Å². The highest BCUT2D eigenvalue weighted by molar-refractivity contribution is 6.01. The van der Waals surface area contributed by atoms with Gasteiger partial charge in [0, 0.05) is 5.56 Å². The van der Waals surface area contributed by atoms with Crippen LogP contribution in [0.5, 0.6) is 0 Å². The van der Waals surface area contributed by atoms with E-state index in [4.69, 9.17) is 0 Å². The molecule has 0 aliphatic rings. The Hall–Kier alpha value is -1.84. The molecule has 0 bridgehead atoms. The minimum Gasteiger partial charge on any atom is -0.453 e. The monoisotopic (exact) mass is 235 g/mol. The predicted molar refractivity (Wildman–Crippen MR) is 64.9 cm³/mol. The van der Waals surface area contributed by atoms with Crippen molar-refractivity contribution < 1.29 is 14.3 Å². The SMILES string of the molecule is COC(=O)NC(C(=O)c1ccccc1)C(C)C. The van der Waals surface area contributed by atoms with Gasteiger partial charge in [0.15, 0.2) is 5.78 Å². The maximum absolute atomic E-state index is 12.2. The van der Waals surface area contributed by atoms with Crippen LogP contribution in [0.4, 0.5) is 4.79 Å². The number of amides is 1. The highest BCUT2D eigenvalue weighted by Gasteiger charge is 2.25. The van der Waals surface area contributed by atoms with Crippen molar-refractivity contribution in [3.8, 4) is 0 Å². The Kier molecular flexibility index (Phi) is 4.69. The summed E-state index contributed by atoms with van der Waals surface area (Å²) in [5, 5.41) is 2.55. The van der Waals surface area contributed by atoms with E-state index in [1.807, 2.05) is 19.9 Å². The minimum atomic E-state index is -0.590. The first-order valence-electron chi connectivity index (χ1n) is 5.50. The maximum atomic E-state index is 12.2.